The number of ether oxygens (including phenoxy) is 3. The van der Waals surface area contributed by atoms with E-state index in [4.69, 9.17) is 24.2 Å². The molecule has 2 N–H and O–H groups in total. The van der Waals surface area contributed by atoms with E-state index in [1.165, 1.54) is 16.2 Å². The number of fused-ring (bicyclic) bond motifs is 1. The molecule has 3 amide bonds. The molecule has 3 fully saturated rings. The third-order valence-electron chi connectivity index (χ3n) is 11.0. The van der Waals surface area contributed by atoms with Crippen LogP contribution in [0.4, 0.5) is 4.79 Å². The number of para-hydroxylation sites is 2. The Morgan fingerprint density at radius 3 is 2.40 bits per heavy atom. The minimum atomic E-state index is -1.16. The van der Waals surface area contributed by atoms with Gasteiger partial charge in [-0.2, -0.15) is 0 Å². The number of alkyl carbamates (subject to hydrolysis) is 1. The van der Waals surface area contributed by atoms with Gasteiger partial charge in [0.25, 0.3) is 0 Å². The molecular formula is C44H51N5O7S. The Labute approximate surface area is 337 Å². The van der Waals surface area contributed by atoms with Crippen LogP contribution in [0.2, 0.25) is 0 Å². The topological polar surface area (TPSA) is 149 Å². The van der Waals surface area contributed by atoms with Crippen molar-refractivity contribution in [3.63, 3.8) is 0 Å². The number of hydrogen-bond donors (Lipinski definition) is 2. The van der Waals surface area contributed by atoms with E-state index in [-0.39, 0.29) is 25.7 Å². The third-order valence-corrected chi connectivity index (χ3v) is 11.8. The molecule has 2 saturated carbocycles. The zero-order valence-corrected chi connectivity index (χ0v) is 33.1. The lowest BCUT2D eigenvalue weighted by Crippen LogP contribution is -2.56. The highest BCUT2D eigenvalue weighted by atomic mass is 32.1. The van der Waals surface area contributed by atoms with Crippen molar-refractivity contribution in [2.45, 2.75) is 113 Å². The van der Waals surface area contributed by atoms with Crippen molar-refractivity contribution in [2.24, 2.45) is 0 Å². The molecule has 300 valence electrons. The van der Waals surface area contributed by atoms with Gasteiger partial charge in [0, 0.05) is 12.8 Å². The smallest absolute Gasteiger partial charge is 0.408 e. The zero-order chi connectivity index (χ0) is 39.6. The van der Waals surface area contributed by atoms with Crippen molar-refractivity contribution in [2.75, 3.05) is 13.2 Å². The number of carbonyl (C=O) groups is 4. The first-order chi connectivity index (χ1) is 27.8. The SMILES string of the molecule is C=CCCCCC[C@H](NC(=O)OC1CCCC1)C(=O)N1C[C@H](Oc2nc3ccccc3nc2-c2cccs2)C[C@H]1C(=O)NC1(C(=O)OCCc2ccccc2)CC1. The van der Waals surface area contributed by atoms with E-state index < -0.39 is 47.6 Å². The summed E-state index contributed by atoms with van der Waals surface area (Å²) in [5, 5.41) is 7.78. The highest BCUT2D eigenvalue weighted by Gasteiger charge is 2.55. The van der Waals surface area contributed by atoms with Gasteiger partial charge >= 0.3 is 12.1 Å². The van der Waals surface area contributed by atoms with Gasteiger partial charge in [0.15, 0.2) is 0 Å². The molecule has 1 aliphatic heterocycles. The van der Waals surface area contributed by atoms with Crippen molar-refractivity contribution >= 4 is 46.2 Å². The second kappa shape index (κ2) is 18.8. The van der Waals surface area contributed by atoms with Crippen LogP contribution < -0.4 is 15.4 Å². The summed E-state index contributed by atoms with van der Waals surface area (Å²) < 4.78 is 18.0. The number of thiophene rings is 1. The molecule has 3 heterocycles. The van der Waals surface area contributed by atoms with Crippen LogP contribution in [0.15, 0.2) is 84.8 Å². The Bertz CT molecular complexity index is 2020. The van der Waals surface area contributed by atoms with Crippen LogP contribution >= 0.6 is 11.3 Å². The normalized spacial score (nSPS) is 19.1. The fraction of sp³-hybridized carbons (Fsp3) is 0.455. The number of allylic oxidation sites excluding steroid dienone is 1. The predicted molar refractivity (Wildman–Crippen MR) is 218 cm³/mol. The third kappa shape index (κ3) is 10.2. The van der Waals surface area contributed by atoms with Crippen LogP contribution in [-0.4, -0.2) is 81.7 Å². The van der Waals surface area contributed by atoms with Crippen LogP contribution in [0.3, 0.4) is 0 Å². The standard InChI is InChI=1S/C44H51N5O7S/c1-2-3-4-5-9-21-35(47-43(53)56-31-17-10-11-18-31)41(51)49-29-32(55-40-38(37-22-14-27-57-37)45-33-19-12-13-20-34(33)46-40)28-36(49)39(50)48-44(24-25-44)42(52)54-26-23-30-15-7-6-8-16-30/h2,6-8,12-16,19-20,22,27,31-32,35-36H,1,3-5,9-11,17-18,21,23-26,28-29H2,(H,47,53)(H,48,50)/t32-,35+,36+/m1/s1. The molecule has 1 saturated heterocycles. The van der Waals surface area contributed by atoms with E-state index in [9.17, 15) is 19.2 Å². The molecule has 0 bridgehead atoms. The van der Waals surface area contributed by atoms with Crippen molar-refractivity contribution < 1.29 is 33.4 Å². The summed E-state index contributed by atoms with van der Waals surface area (Å²) in [6, 6.07) is 19.2. The Kier molecular flexibility index (Phi) is 13.1. The van der Waals surface area contributed by atoms with Gasteiger partial charge in [-0.1, -0.05) is 67.4 Å². The largest absolute Gasteiger partial charge is 0.471 e. The monoisotopic (exact) mass is 793 g/mol. The Balaban J connectivity index is 1.12. The molecule has 7 rings (SSSR count). The van der Waals surface area contributed by atoms with Gasteiger partial charge in [-0.15, -0.1) is 17.9 Å². The summed E-state index contributed by atoms with van der Waals surface area (Å²) in [4.78, 5) is 67.7. The number of amides is 3. The number of benzene rings is 2. The van der Waals surface area contributed by atoms with Gasteiger partial charge in [-0.05, 0) is 86.9 Å². The van der Waals surface area contributed by atoms with Crippen LogP contribution in [0.1, 0.15) is 82.6 Å². The summed E-state index contributed by atoms with van der Waals surface area (Å²) >= 11 is 1.51. The maximum atomic E-state index is 14.7. The lowest BCUT2D eigenvalue weighted by molar-refractivity contribution is -0.150. The van der Waals surface area contributed by atoms with Crippen molar-refractivity contribution in [3.8, 4) is 16.5 Å². The summed E-state index contributed by atoms with van der Waals surface area (Å²) in [7, 11) is 0. The van der Waals surface area contributed by atoms with E-state index in [1.807, 2.05) is 78.2 Å². The molecule has 0 radical (unpaired) electrons. The Hall–Kier alpha value is -5.30. The van der Waals surface area contributed by atoms with Crippen LogP contribution in [0, 0.1) is 0 Å². The Morgan fingerprint density at radius 2 is 1.68 bits per heavy atom. The van der Waals surface area contributed by atoms with Gasteiger partial charge in [-0.3, -0.25) is 9.59 Å². The zero-order valence-electron chi connectivity index (χ0n) is 32.2. The first-order valence-electron chi connectivity index (χ1n) is 20.2. The highest BCUT2D eigenvalue weighted by Crippen LogP contribution is 2.38. The number of unbranched alkanes of at least 4 members (excludes halogenated alkanes) is 3. The molecular weight excluding hydrogens is 743 g/mol. The number of aromatic nitrogens is 2. The lowest BCUT2D eigenvalue weighted by Gasteiger charge is -2.29. The maximum absolute atomic E-state index is 14.7. The van der Waals surface area contributed by atoms with E-state index in [0.29, 0.717) is 54.7 Å². The number of nitrogens with one attached hydrogen (secondary N) is 2. The fourth-order valence-electron chi connectivity index (χ4n) is 7.65. The number of hydrogen-bond acceptors (Lipinski definition) is 10. The minimum Gasteiger partial charge on any atom is -0.471 e. The maximum Gasteiger partial charge on any atom is 0.408 e. The summed E-state index contributed by atoms with van der Waals surface area (Å²) in [5.74, 6) is -1.08. The first kappa shape index (κ1) is 39.9. The number of esters is 1. The van der Waals surface area contributed by atoms with Crippen molar-refractivity contribution in [3.05, 3.63) is 90.3 Å². The van der Waals surface area contributed by atoms with Gasteiger partial charge in [-0.25, -0.2) is 19.6 Å². The second-order valence-electron chi connectivity index (χ2n) is 15.2. The highest BCUT2D eigenvalue weighted by molar-refractivity contribution is 7.13. The number of carbonyl (C=O) groups excluding carboxylic acids is 4. The molecule has 12 nitrogen and oxygen atoms in total. The first-order valence-corrected chi connectivity index (χ1v) is 21.1. The van der Waals surface area contributed by atoms with Gasteiger partial charge < -0.3 is 29.7 Å². The van der Waals surface area contributed by atoms with E-state index in [1.54, 1.807) is 0 Å². The minimum absolute atomic E-state index is 0.0517. The molecule has 4 aromatic rings. The van der Waals surface area contributed by atoms with E-state index in [2.05, 4.69) is 17.2 Å². The fourth-order valence-corrected chi connectivity index (χ4v) is 8.35. The Morgan fingerprint density at radius 1 is 0.930 bits per heavy atom. The van der Waals surface area contributed by atoms with E-state index in [0.717, 1.165) is 55.4 Å². The number of rotatable bonds is 18. The number of nitrogens with zero attached hydrogens (tertiary/aromatic N) is 3. The molecule has 2 aromatic heterocycles. The van der Waals surface area contributed by atoms with Crippen LogP contribution in [0.5, 0.6) is 5.88 Å². The summed E-state index contributed by atoms with van der Waals surface area (Å²) in [5.41, 5.74) is 1.81. The quantitative estimate of drug-likeness (QED) is 0.0601. The molecule has 3 atom stereocenters. The van der Waals surface area contributed by atoms with Crippen molar-refractivity contribution in [1.82, 2.24) is 25.5 Å². The second-order valence-corrected chi connectivity index (χ2v) is 16.2. The molecule has 2 aromatic carbocycles. The van der Waals surface area contributed by atoms with Gasteiger partial charge in [0.05, 0.1) is 29.1 Å². The molecule has 0 unspecified atom stereocenters. The lowest BCUT2D eigenvalue weighted by atomic mass is 10.0. The van der Waals surface area contributed by atoms with Crippen LogP contribution in [-0.2, 0) is 30.3 Å². The summed E-state index contributed by atoms with van der Waals surface area (Å²) in [6.45, 7) is 4.04. The molecule has 3 aliphatic rings. The van der Waals surface area contributed by atoms with Gasteiger partial charge in [0.2, 0.25) is 17.7 Å². The van der Waals surface area contributed by atoms with Crippen molar-refractivity contribution in [1.29, 1.82) is 0 Å². The summed E-state index contributed by atoms with van der Waals surface area (Å²) in [6.07, 6.45) is 9.16. The van der Waals surface area contributed by atoms with Crippen LogP contribution in [0.25, 0.3) is 21.6 Å². The average molecular weight is 794 g/mol. The van der Waals surface area contributed by atoms with Gasteiger partial charge in [0.1, 0.15) is 35.5 Å². The number of likely N-dealkylation sites (tertiary alicyclic amines) is 1. The molecule has 13 heteroatoms. The average Bonchev–Trinajstić information content (AvgIpc) is 3.60. The molecule has 2 aliphatic carbocycles. The molecule has 0 spiro atoms. The predicted octanol–water partition coefficient (Wildman–Crippen LogP) is 7.32. The molecule has 57 heavy (non-hydrogen) atoms. The van der Waals surface area contributed by atoms with E-state index >= 15 is 0 Å².